The van der Waals surface area contributed by atoms with Gasteiger partial charge in [-0.2, -0.15) is 0 Å². The van der Waals surface area contributed by atoms with Gasteiger partial charge in [0.2, 0.25) is 0 Å². The standard InChI is InChI=1S/C13H13N/c1-2-4-12(5-3-1)14-13-7-6-10-8-11(10)9-13/h1-7,9-11,14H,8H2/t10?,11-/m1/s1. The van der Waals surface area contributed by atoms with E-state index < -0.39 is 0 Å². The van der Waals surface area contributed by atoms with Crippen molar-refractivity contribution >= 4 is 5.69 Å². The molecule has 14 heavy (non-hydrogen) atoms. The van der Waals surface area contributed by atoms with Gasteiger partial charge in [0, 0.05) is 11.4 Å². The van der Waals surface area contributed by atoms with Crippen molar-refractivity contribution in [2.24, 2.45) is 11.8 Å². The molecule has 0 heterocycles. The number of nitrogens with one attached hydrogen (secondary N) is 1. The van der Waals surface area contributed by atoms with Gasteiger partial charge in [-0.1, -0.05) is 30.4 Å². The largest absolute Gasteiger partial charge is 0.356 e. The van der Waals surface area contributed by atoms with Gasteiger partial charge in [0.15, 0.2) is 0 Å². The number of fused-ring (bicyclic) bond motifs is 1. The quantitative estimate of drug-likeness (QED) is 0.742. The number of anilines is 1. The van der Waals surface area contributed by atoms with Gasteiger partial charge >= 0.3 is 0 Å². The summed E-state index contributed by atoms with van der Waals surface area (Å²) in [4.78, 5) is 0. The zero-order valence-corrected chi connectivity index (χ0v) is 7.98. The molecular weight excluding hydrogens is 170 g/mol. The lowest BCUT2D eigenvalue weighted by molar-refractivity contribution is 0.965. The minimum atomic E-state index is 0.811. The lowest BCUT2D eigenvalue weighted by Crippen LogP contribution is -1.99. The first kappa shape index (κ1) is 7.86. The summed E-state index contributed by atoms with van der Waals surface area (Å²) in [6, 6.07) is 10.3. The zero-order valence-electron chi connectivity index (χ0n) is 7.98. The van der Waals surface area contributed by atoms with Crippen molar-refractivity contribution in [3.63, 3.8) is 0 Å². The summed E-state index contributed by atoms with van der Waals surface area (Å²) in [7, 11) is 0. The summed E-state index contributed by atoms with van der Waals surface area (Å²) in [6.45, 7) is 0. The van der Waals surface area contributed by atoms with Crippen molar-refractivity contribution in [2.75, 3.05) is 5.32 Å². The highest BCUT2D eigenvalue weighted by molar-refractivity contribution is 5.52. The van der Waals surface area contributed by atoms with E-state index >= 15 is 0 Å². The van der Waals surface area contributed by atoms with E-state index in [0.29, 0.717) is 0 Å². The van der Waals surface area contributed by atoms with E-state index in [1.54, 1.807) is 0 Å². The maximum absolute atomic E-state index is 3.41. The number of rotatable bonds is 2. The Bertz CT molecular complexity index is 389. The summed E-state index contributed by atoms with van der Waals surface area (Å²) in [5.41, 5.74) is 2.41. The SMILES string of the molecule is C1=CC2C[C@@H]2C=C1Nc1ccccc1. The van der Waals surface area contributed by atoms with Crippen molar-refractivity contribution in [3.8, 4) is 0 Å². The predicted octanol–water partition coefficient (Wildman–Crippen LogP) is 3.19. The second-order valence-electron chi connectivity index (χ2n) is 4.04. The average Bonchev–Trinajstić information content (AvgIpc) is 2.97. The van der Waals surface area contributed by atoms with E-state index in [9.17, 15) is 0 Å². The molecule has 2 aliphatic carbocycles. The van der Waals surface area contributed by atoms with E-state index in [1.165, 1.54) is 17.8 Å². The van der Waals surface area contributed by atoms with Crippen LogP contribution in [-0.4, -0.2) is 0 Å². The van der Waals surface area contributed by atoms with Crippen molar-refractivity contribution in [2.45, 2.75) is 6.42 Å². The molecule has 0 saturated heterocycles. The molecule has 0 aromatic heterocycles. The number of para-hydroxylation sites is 1. The molecule has 1 heteroatoms. The van der Waals surface area contributed by atoms with Gasteiger partial charge in [-0.3, -0.25) is 0 Å². The van der Waals surface area contributed by atoms with Crippen LogP contribution in [0.3, 0.4) is 0 Å². The van der Waals surface area contributed by atoms with Crippen LogP contribution in [0.2, 0.25) is 0 Å². The monoisotopic (exact) mass is 183 g/mol. The van der Waals surface area contributed by atoms with E-state index in [0.717, 1.165) is 11.8 Å². The Morgan fingerprint density at radius 1 is 1.07 bits per heavy atom. The van der Waals surface area contributed by atoms with Gasteiger partial charge in [0.05, 0.1) is 0 Å². The molecule has 0 spiro atoms. The smallest absolute Gasteiger partial charge is 0.0384 e. The minimum Gasteiger partial charge on any atom is -0.356 e. The van der Waals surface area contributed by atoms with Gasteiger partial charge in [-0.25, -0.2) is 0 Å². The van der Waals surface area contributed by atoms with E-state index in [4.69, 9.17) is 0 Å². The number of hydrogen-bond acceptors (Lipinski definition) is 1. The molecule has 0 radical (unpaired) electrons. The molecule has 1 fully saturated rings. The molecule has 1 unspecified atom stereocenters. The Morgan fingerprint density at radius 3 is 2.71 bits per heavy atom. The molecule has 0 amide bonds. The summed E-state index contributed by atoms with van der Waals surface area (Å²) >= 11 is 0. The van der Waals surface area contributed by atoms with Crippen LogP contribution < -0.4 is 5.32 Å². The molecule has 70 valence electrons. The Hall–Kier alpha value is -1.50. The molecule has 0 bridgehead atoms. The van der Waals surface area contributed by atoms with Crippen molar-refractivity contribution in [3.05, 3.63) is 54.3 Å². The van der Waals surface area contributed by atoms with Crippen LogP contribution in [0, 0.1) is 11.8 Å². The Morgan fingerprint density at radius 2 is 1.93 bits per heavy atom. The fraction of sp³-hybridized carbons (Fsp3) is 0.231. The summed E-state index contributed by atoms with van der Waals surface area (Å²) in [6.07, 6.45) is 8.20. The fourth-order valence-electron chi connectivity index (χ4n) is 1.93. The molecule has 1 saturated carbocycles. The summed E-state index contributed by atoms with van der Waals surface area (Å²) in [5.74, 6) is 1.66. The molecule has 1 aromatic rings. The first-order valence-corrected chi connectivity index (χ1v) is 5.14. The van der Waals surface area contributed by atoms with Crippen LogP contribution in [0.4, 0.5) is 5.69 Å². The second-order valence-corrected chi connectivity index (χ2v) is 4.04. The van der Waals surface area contributed by atoms with Crippen LogP contribution in [0.25, 0.3) is 0 Å². The maximum atomic E-state index is 3.41. The van der Waals surface area contributed by atoms with Crippen molar-refractivity contribution in [1.82, 2.24) is 0 Å². The van der Waals surface area contributed by atoms with Crippen LogP contribution in [-0.2, 0) is 0 Å². The number of benzene rings is 1. The third kappa shape index (κ3) is 1.46. The Kier molecular flexibility index (Phi) is 1.69. The van der Waals surface area contributed by atoms with Crippen molar-refractivity contribution in [1.29, 1.82) is 0 Å². The molecule has 3 rings (SSSR count). The molecule has 0 aliphatic heterocycles. The molecule has 2 atom stereocenters. The van der Waals surface area contributed by atoms with Crippen LogP contribution in [0.1, 0.15) is 6.42 Å². The summed E-state index contributed by atoms with van der Waals surface area (Å²) < 4.78 is 0. The molecule has 2 aliphatic rings. The molecule has 1 nitrogen and oxygen atoms in total. The molecular formula is C13H13N. The second kappa shape index (κ2) is 3.02. The number of hydrogen-bond donors (Lipinski definition) is 1. The highest BCUT2D eigenvalue weighted by Crippen LogP contribution is 2.44. The lowest BCUT2D eigenvalue weighted by atomic mass is 10.1. The van der Waals surface area contributed by atoms with Gasteiger partial charge in [0.25, 0.3) is 0 Å². The highest BCUT2D eigenvalue weighted by atomic mass is 14.9. The predicted molar refractivity (Wildman–Crippen MR) is 58.9 cm³/mol. The number of allylic oxidation sites excluding steroid dienone is 3. The van der Waals surface area contributed by atoms with E-state index in [1.807, 2.05) is 6.07 Å². The maximum Gasteiger partial charge on any atom is 0.0384 e. The van der Waals surface area contributed by atoms with Gasteiger partial charge < -0.3 is 5.32 Å². The van der Waals surface area contributed by atoms with Crippen LogP contribution >= 0.6 is 0 Å². The molecule has 1 aromatic carbocycles. The normalized spacial score (nSPS) is 27.9. The minimum absolute atomic E-state index is 0.811. The summed E-state index contributed by atoms with van der Waals surface area (Å²) in [5, 5.41) is 3.41. The lowest BCUT2D eigenvalue weighted by Gasteiger charge is -2.09. The Balaban J connectivity index is 1.76. The molecule has 1 N–H and O–H groups in total. The topological polar surface area (TPSA) is 12.0 Å². The average molecular weight is 183 g/mol. The van der Waals surface area contributed by atoms with E-state index in [-0.39, 0.29) is 0 Å². The van der Waals surface area contributed by atoms with Gasteiger partial charge in [-0.15, -0.1) is 0 Å². The first-order valence-electron chi connectivity index (χ1n) is 5.14. The Labute approximate surface area is 84.1 Å². The van der Waals surface area contributed by atoms with Crippen molar-refractivity contribution < 1.29 is 0 Å². The fourth-order valence-corrected chi connectivity index (χ4v) is 1.93. The van der Waals surface area contributed by atoms with Crippen LogP contribution in [0.15, 0.2) is 54.3 Å². The zero-order chi connectivity index (χ0) is 9.38. The highest BCUT2D eigenvalue weighted by Gasteiger charge is 2.34. The van der Waals surface area contributed by atoms with Gasteiger partial charge in [0.1, 0.15) is 0 Å². The third-order valence-corrected chi connectivity index (χ3v) is 2.87. The van der Waals surface area contributed by atoms with Gasteiger partial charge in [-0.05, 0) is 36.5 Å². The van der Waals surface area contributed by atoms with Crippen LogP contribution in [0.5, 0.6) is 0 Å². The first-order chi connectivity index (χ1) is 6.92. The third-order valence-electron chi connectivity index (χ3n) is 2.87. The van der Waals surface area contributed by atoms with E-state index in [2.05, 4.69) is 47.8 Å².